The third-order valence-corrected chi connectivity index (χ3v) is 9.34. The van der Waals surface area contributed by atoms with Crippen molar-refractivity contribution in [2.45, 2.75) is 161 Å². The Hall–Kier alpha value is 0.270. The highest BCUT2D eigenvalue weighted by Crippen LogP contribution is 2.28. The summed E-state index contributed by atoms with van der Waals surface area (Å²) in [6.45, 7) is 4.85. The van der Waals surface area contributed by atoms with Crippen molar-refractivity contribution in [2.24, 2.45) is 5.92 Å². The highest BCUT2D eigenvalue weighted by Gasteiger charge is 2.23. The summed E-state index contributed by atoms with van der Waals surface area (Å²) in [6.07, 6.45) is 31.0. The zero-order valence-corrected chi connectivity index (χ0v) is 22.9. The van der Waals surface area contributed by atoms with Crippen molar-refractivity contribution in [1.82, 2.24) is 0 Å². The van der Waals surface area contributed by atoms with Crippen molar-refractivity contribution < 1.29 is 9.29 Å². The Balaban J connectivity index is 1.97. The van der Waals surface area contributed by atoms with E-state index in [0.29, 0.717) is 12.7 Å². The summed E-state index contributed by atoms with van der Waals surface area (Å²) in [5, 5.41) is 9.25. The molecule has 3 heteroatoms. The van der Waals surface area contributed by atoms with Crippen LogP contribution in [0, 0.1) is 5.92 Å². The van der Waals surface area contributed by atoms with E-state index in [0.717, 1.165) is 18.1 Å². The lowest BCUT2D eigenvalue weighted by molar-refractivity contribution is 0.234. The molecule has 192 valence electrons. The molecule has 0 saturated heterocycles. The second kappa shape index (κ2) is 23.0. The Kier molecular flexibility index (Phi) is 21.8. The summed E-state index contributed by atoms with van der Waals surface area (Å²) < 4.78 is 6.42. The van der Waals surface area contributed by atoms with Gasteiger partial charge in [0.25, 0.3) is 0 Å². The minimum absolute atomic E-state index is 0.0611. The molecule has 0 spiro atoms. The topological polar surface area (TPSA) is 29.5 Å². The van der Waals surface area contributed by atoms with Crippen molar-refractivity contribution in [1.29, 1.82) is 0 Å². The lowest BCUT2D eigenvalue weighted by atomic mass is 9.85. The highest BCUT2D eigenvalue weighted by atomic mass is 32.2. The molecule has 0 bridgehead atoms. The molecule has 2 atom stereocenters. The Morgan fingerprint density at radius 3 is 1.94 bits per heavy atom. The lowest BCUT2D eigenvalue weighted by Gasteiger charge is -2.21. The quantitative estimate of drug-likeness (QED) is 0.119. The Bertz CT molecular complexity index is 370. The summed E-state index contributed by atoms with van der Waals surface area (Å²) in [7, 11) is 0. The Morgan fingerprint density at radius 1 is 0.719 bits per heavy atom. The van der Waals surface area contributed by atoms with Crippen LogP contribution in [0.2, 0.25) is 0 Å². The van der Waals surface area contributed by atoms with Crippen LogP contribution in [0.15, 0.2) is 0 Å². The monoisotopic (exact) mass is 471 g/mol. The Labute approximate surface area is 205 Å². The van der Waals surface area contributed by atoms with Gasteiger partial charge >= 0.3 is 0 Å². The summed E-state index contributed by atoms with van der Waals surface area (Å²) in [4.78, 5) is 0. The van der Waals surface area contributed by atoms with Crippen LogP contribution in [-0.4, -0.2) is 29.3 Å². The van der Waals surface area contributed by atoms with E-state index in [-0.39, 0.29) is 11.2 Å². The Morgan fingerprint density at radius 2 is 1.28 bits per heavy atom. The normalized spacial score (nSPS) is 17.0. The SMILES string of the molecule is CCCCCCCCC(C)O[S+](CCCO)CCCCCCCCCCC1CCCCC1. The van der Waals surface area contributed by atoms with E-state index < -0.39 is 0 Å². The van der Waals surface area contributed by atoms with Crippen molar-refractivity contribution in [3.8, 4) is 0 Å². The number of aliphatic hydroxyl groups is 1. The van der Waals surface area contributed by atoms with E-state index in [2.05, 4.69) is 13.8 Å². The zero-order valence-electron chi connectivity index (χ0n) is 22.1. The predicted octanol–water partition coefficient (Wildman–Crippen LogP) is 9.15. The molecule has 1 N–H and O–H groups in total. The molecule has 1 fully saturated rings. The molecule has 0 aromatic carbocycles. The fraction of sp³-hybridized carbons (Fsp3) is 1.00. The minimum atomic E-state index is 0.0611. The van der Waals surface area contributed by atoms with Crippen molar-refractivity contribution in [3.63, 3.8) is 0 Å². The smallest absolute Gasteiger partial charge is 0.147 e. The third-order valence-electron chi connectivity index (χ3n) is 7.25. The molecule has 2 nitrogen and oxygen atoms in total. The third kappa shape index (κ3) is 18.7. The molecule has 1 aliphatic carbocycles. The zero-order chi connectivity index (χ0) is 23.1. The average Bonchev–Trinajstić information content (AvgIpc) is 2.81. The molecular weight excluding hydrogens is 412 g/mol. The molecule has 0 aromatic rings. The van der Waals surface area contributed by atoms with Crippen molar-refractivity contribution in [2.75, 3.05) is 18.1 Å². The van der Waals surface area contributed by atoms with E-state index >= 15 is 0 Å². The van der Waals surface area contributed by atoms with Gasteiger partial charge in [0.15, 0.2) is 0 Å². The molecule has 2 unspecified atom stereocenters. The van der Waals surface area contributed by atoms with Crippen LogP contribution < -0.4 is 0 Å². The maximum atomic E-state index is 9.25. The standard InChI is InChI=1S/C29H59O2S/c1-3-4-5-6-11-15-21-28(2)31-32(27-20-25-30)26-19-13-10-8-7-9-12-16-22-29-23-17-14-18-24-29/h28-30H,3-27H2,1-2H3/q+1. The van der Waals surface area contributed by atoms with E-state index in [1.807, 2.05) is 0 Å². The predicted molar refractivity (Wildman–Crippen MR) is 145 cm³/mol. The fourth-order valence-corrected chi connectivity index (χ4v) is 7.08. The molecule has 1 rings (SSSR count). The molecule has 0 heterocycles. The van der Waals surface area contributed by atoms with Crippen LogP contribution in [0.5, 0.6) is 0 Å². The molecular formula is C29H59O2S+. The van der Waals surface area contributed by atoms with Crippen LogP contribution in [-0.2, 0) is 15.4 Å². The summed E-state index contributed by atoms with van der Waals surface area (Å²) in [5.41, 5.74) is 0. The first-order valence-electron chi connectivity index (χ1n) is 14.7. The van der Waals surface area contributed by atoms with Crippen LogP contribution in [0.4, 0.5) is 0 Å². The van der Waals surface area contributed by atoms with Gasteiger partial charge in [0.05, 0.1) is 0 Å². The summed E-state index contributed by atoms with van der Waals surface area (Å²) in [5.74, 6) is 3.33. The van der Waals surface area contributed by atoms with Gasteiger partial charge in [-0.05, 0) is 32.1 Å². The molecule has 0 aliphatic heterocycles. The minimum Gasteiger partial charge on any atom is -0.396 e. The largest absolute Gasteiger partial charge is 0.396 e. The maximum Gasteiger partial charge on any atom is 0.147 e. The van der Waals surface area contributed by atoms with Crippen LogP contribution in [0.25, 0.3) is 0 Å². The number of rotatable bonds is 23. The van der Waals surface area contributed by atoms with Gasteiger partial charge in [-0.25, -0.2) is 0 Å². The number of hydrogen-bond donors (Lipinski definition) is 1. The maximum absolute atomic E-state index is 9.25. The summed E-state index contributed by atoms with van der Waals surface area (Å²) >= 11 is 0.0611. The van der Waals surface area contributed by atoms with Gasteiger partial charge in [0, 0.05) is 13.0 Å². The second-order valence-corrected chi connectivity index (χ2v) is 12.4. The molecule has 32 heavy (non-hydrogen) atoms. The first-order valence-corrected chi connectivity index (χ1v) is 16.2. The van der Waals surface area contributed by atoms with Crippen molar-refractivity contribution in [3.05, 3.63) is 0 Å². The summed E-state index contributed by atoms with van der Waals surface area (Å²) in [6, 6.07) is 0. The number of unbranched alkanes of at least 4 members (excludes halogenated alkanes) is 12. The first kappa shape index (κ1) is 30.3. The molecule has 0 radical (unpaired) electrons. The first-order chi connectivity index (χ1) is 15.8. The van der Waals surface area contributed by atoms with E-state index in [9.17, 15) is 5.11 Å². The second-order valence-electron chi connectivity index (χ2n) is 10.5. The van der Waals surface area contributed by atoms with E-state index in [4.69, 9.17) is 4.18 Å². The van der Waals surface area contributed by atoms with Crippen molar-refractivity contribution >= 4 is 11.2 Å². The van der Waals surface area contributed by atoms with E-state index in [1.165, 1.54) is 141 Å². The highest BCUT2D eigenvalue weighted by molar-refractivity contribution is 7.92. The number of hydrogen-bond acceptors (Lipinski definition) is 2. The van der Waals surface area contributed by atoms with Crippen LogP contribution in [0.1, 0.15) is 155 Å². The average molecular weight is 472 g/mol. The van der Waals surface area contributed by atoms with Gasteiger partial charge < -0.3 is 5.11 Å². The van der Waals surface area contributed by atoms with Gasteiger partial charge in [-0.2, -0.15) is 4.18 Å². The van der Waals surface area contributed by atoms with Gasteiger partial charge in [-0.3, -0.25) is 0 Å². The van der Waals surface area contributed by atoms with Crippen LogP contribution >= 0.6 is 0 Å². The van der Waals surface area contributed by atoms with Gasteiger partial charge in [-0.15, -0.1) is 0 Å². The lowest BCUT2D eigenvalue weighted by Crippen LogP contribution is -2.22. The van der Waals surface area contributed by atoms with Crippen LogP contribution in [0.3, 0.4) is 0 Å². The van der Waals surface area contributed by atoms with Gasteiger partial charge in [0.2, 0.25) is 0 Å². The fourth-order valence-electron chi connectivity index (χ4n) is 5.15. The molecule has 0 aromatic heterocycles. The molecule has 0 amide bonds. The van der Waals surface area contributed by atoms with Gasteiger partial charge in [-0.1, -0.05) is 122 Å². The van der Waals surface area contributed by atoms with Gasteiger partial charge in [0.1, 0.15) is 28.8 Å². The number of aliphatic hydroxyl groups excluding tert-OH is 1. The van der Waals surface area contributed by atoms with E-state index in [1.54, 1.807) is 0 Å². The molecule has 1 aliphatic rings. The molecule has 1 saturated carbocycles.